The molecule has 0 atom stereocenters. The molecule has 112 valence electrons. The van der Waals surface area contributed by atoms with Crippen molar-refractivity contribution in [1.29, 1.82) is 0 Å². The summed E-state index contributed by atoms with van der Waals surface area (Å²) in [5, 5.41) is 2.60. The molecule has 0 fully saturated rings. The fourth-order valence-corrected chi connectivity index (χ4v) is 3.35. The number of anilines is 1. The fraction of sp³-hybridized carbons (Fsp3) is 0.462. The average molecular weight is 299 g/mol. The van der Waals surface area contributed by atoms with Crippen LogP contribution in [-0.2, 0) is 14.8 Å². The van der Waals surface area contributed by atoms with Gasteiger partial charge >= 0.3 is 0 Å². The molecule has 0 bridgehead atoms. The van der Waals surface area contributed by atoms with Gasteiger partial charge in [-0.3, -0.25) is 4.79 Å². The normalized spacial score (nSPS) is 11.6. The van der Waals surface area contributed by atoms with Crippen LogP contribution in [0.2, 0.25) is 0 Å². The van der Waals surface area contributed by atoms with Gasteiger partial charge in [0.2, 0.25) is 15.9 Å². The molecular weight excluding hydrogens is 278 g/mol. The first-order valence-corrected chi connectivity index (χ1v) is 7.93. The van der Waals surface area contributed by atoms with Crippen molar-refractivity contribution in [2.45, 2.75) is 25.2 Å². The molecule has 6 nitrogen and oxygen atoms in total. The van der Waals surface area contributed by atoms with E-state index in [2.05, 4.69) is 5.32 Å². The van der Waals surface area contributed by atoms with Crippen LogP contribution in [0.3, 0.4) is 0 Å². The molecule has 0 aliphatic rings. The standard InChI is InChI=1S/C13H21N3O3S/c1-3-9-16(10-8-14)20(18,19)13-6-4-12(5-7-13)15-11(2)17/h4-7H,3,8-10,14H2,1-2H3,(H,15,17). The summed E-state index contributed by atoms with van der Waals surface area (Å²) in [5.41, 5.74) is 6.03. The second kappa shape index (κ2) is 7.37. The predicted molar refractivity (Wildman–Crippen MR) is 78.8 cm³/mol. The molecule has 1 amide bonds. The topological polar surface area (TPSA) is 92.5 Å². The Labute approximate surface area is 120 Å². The lowest BCUT2D eigenvalue weighted by atomic mass is 10.3. The highest BCUT2D eigenvalue weighted by molar-refractivity contribution is 7.89. The van der Waals surface area contributed by atoms with Gasteiger partial charge in [0.15, 0.2) is 0 Å². The van der Waals surface area contributed by atoms with Crippen LogP contribution >= 0.6 is 0 Å². The number of hydrogen-bond donors (Lipinski definition) is 2. The first-order valence-electron chi connectivity index (χ1n) is 6.49. The van der Waals surface area contributed by atoms with Gasteiger partial charge in [0.1, 0.15) is 0 Å². The Kier molecular flexibility index (Phi) is 6.12. The minimum Gasteiger partial charge on any atom is -0.329 e. The van der Waals surface area contributed by atoms with E-state index in [0.29, 0.717) is 18.8 Å². The van der Waals surface area contributed by atoms with Crippen molar-refractivity contribution in [2.75, 3.05) is 25.0 Å². The zero-order valence-corrected chi connectivity index (χ0v) is 12.6. The van der Waals surface area contributed by atoms with Crippen LogP contribution in [0, 0.1) is 0 Å². The number of rotatable bonds is 7. The number of nitrogens with zero attached hydrogens (tertiary/aromatic N) is 1. The van der Waals surface area contributed by atoms with Gasteiger partial charge in [-0.15, -0.1) is 0 Å². The summed E-state index contributed by atoms with van der Waals surface area (Å²) < 4.78 is 26.2. The van der Waals surface area contributed by atoms with Crippen LogP contribution < -0.4 is 11.1 Å². The molecule has 0 unspecified atom stereocenters. The van der Waals surface area contributed by atoms with Crippen molar-refractivity contribution in [3.05, 3.63) is 24.3 Å². The van der Waals surface area contributed by atoms with Crippen molar-refractivity contribution in [3.8, 4) is 0 Å². The third-order valence-electron chi connectivity index (χ3n) is 2.66. The number of nitrogens with one attached hydrogen (secondary N) is 1. The largest absolute Gasteiger partial charge is 0.329 e. The van der Waals surface area contributed by atoms with E-state index in [9.17, 15) is 13.2 Å². The summed E-state index contributed by atoms with van der Waals surface area (Å²) >= 11 is 0. The molecule has 0 radical (unpaired) electrons. The molecule has 7 heteroatoms. The van der Waals surface area contributed by atoms with Gasteiger partial charge in [0, 0.05) is 32.2 Å². The zero-order valence-electron chi connectivity index (χ0n) is 11.8. The van der Waals surface area contributed by atoms with Crippen LogP contribution in [0.25, 0.3) is 0 Å². The molecular formula is C13H21N3O3S. The van der Waals surface area contributed by atoms with Crippen LogP contribution in [0.4, 0.5) is 5.69 Å². The highest BCUT2D eigenvalue weighted by Gasteiger charge is 2.22. The second-order valence-electron chi connectivity index (χ2n) is 4.40. The maximum absolute atomic E-state index is 12.4. The number of hydrogen-bond acceptors (Lipinski definition) is 4. The highest BCUT2D eigenvalue weighted by atomic mass is 32.2. The number of carbonyl (C=O) groups excluding carboxylic acids is 1. The Morgan fingerprint density at radius 1 is 1.25 bits per heavy atom. The molecule has 1 aromatic carbocycles. The summed E-state index contributed by atoms with van der Waals surface area (Å²) in [4.78, 5) is 11.1. The molecule has 0 saturated carbocycles. The monoisotopic (exact) mass is 299 g/mol. The molecule has 0 saturated heterocycles. The van der Waals surface area contributed by atoms with E-state index in [0.717, 1.165) is 6.42 Å². The lowest BCUT2D eigenvalue weighted by Crippen LogP contribution is -2.35. The highest BCUT2D eigenvalue weighted by Crippen LogP contribution is 2.18. The van der Waals surface area contributed by atoms with E-state index in [1.54, 1.807) is 12.1 Å². The smallest absolute Gasteiger partial charge is 0.243 e. The summed E-state index contributed by atoms with van der Waals surface area (Å²) in [6.07, 6.45) is 0.725. The molecule has 0 aromatic heterocycles. The van der Waals surface area contributed by atoms with Gasteiger partial charge in [-0.1, -0.05) is 6.92 Å². The summed E-state index contributed by atoms with van der Waals surface area (Å²) in [5.74, 6) is -0.198. The summed E-state index contributed by atoms with van der Waals surface area (Å²) in [7, 11) is -3.53. The van der Waals surface area contributed by atoms with Crippen LogP contribution in [0.1, 0.15) is 20.3 Å². The van der Waals surface area contributed by atoms with Gasteiger partial charge < -0.3 is 11.1 Å². The van der Waals surface area contributed by atoms with Crippen molar-refractivity contribution in [3.63, 3.8) is 0 Å². The first-order chi connectivity index (χ1) is 9.41. The Morgan fingerprint density at radius 2 is 1.85 bits per heavy atom. The molecule has 3 N–H and O–H groups in total. The maximum Gasteiger partial charge on any atom is 0.243 e. The fourth-order valence-electron chi connectivity index (χ4n) is 1.81. The summed E-state index contributed by atoms with van der Waals surface area (Å²) in [6, 6.07) is 6.11. The molecule has 0 heterocycles. The van der Waals surface area contributed by atoms with E-state index in [1.165, 1.54) is 23.4 Å². The third kappa shape index (κ3) is 4.29. The molecule has 20 heavy (non-hydrogen) atoms. The zero-order chi connectivity index (χ0) is 15.2. The molecule has 0 aliphatic carbocycles. The van der Waals surface area contributed by atoms with Gasteiger partial charge in [-0.25, -0.2) is 8.42 Å². The van der Waals surface area contributed by atoms with Gasteiger partial charge in [-0.2, -0.15) is 4.31 Å². The molecule has 0 aliphatic heterocycles. The van der Waals surface area contributed by atoms with E-state index < -0.39 is 10.0 Å². The Bertz CT molecular complexity index is 534. The van der Waals surface area contributed by atoms with E-state index >= 15 is 0 Å². The van der Waals surface area contributed by atoms with Crippen LogP contribution in [0.15, 0.2) is 29.2 Å². The second-order valence-corrected chi connectivity index (χ2v) is 6.34. The number of benzene rings is 1. The lowest BCUT2D eigenvalue weighted by molar-refractivity contribution is -0.114. The lowest BCUT2D eigenvalue weighted by Gasteiger charge is -2.21. The van der Waals surface area contributed by atoms with E-state index in [1.807, 2.05) is 6.92 Å². The van der Waals surface area contributed by atoms with Gasteiger partial charge in [0.05, 0.1) is 4.90 Å². The van der Waals surface area contributed by atoms with Crippen molar-refractivity contribution in [1.82, 2.24) is 4.31 Å². The molecule has 0 spiro atoms. The van der Waals surface area contributed by atoms with Crippen molar-refractivity contribution < 1.29 is 13.2 Å². The van der Waals surface area contributed by atoms with Gasteiger partial charge in [-0.05, 0) is 30.7 Å². The van der Waals surface area contributed by atoms with Crippen LogP contribution in [-0.4, -0.2) is 38.3 Å². The SMILES string of the molecule is CCCN(CCN)S(=O)(=O)c1ccc(NC(C)=O)cc1. The minimum atomic E-state index is -3.53. The first kappa shape index (κ1) is 16.6. The Morgan fingerprint density at radius 3 is 2.30 bits per heavy atom. The third-order valence-corrected chi connectivity index (χ3v) is 4.58. The number of amides is 1. The Hall–Kier alpha value is -1.44. The van der Waals surface area contributed by atoms with Crippen LogP contribution in [0.5, 0.6) is 0 Å². The minimum absolute atomic E-state index is 0.198. The number of sulfonamides is 1. The maximum atomic E-state index is 12.4. The summed E-state index contributed by atoms with van der Waals surface area (Å²) in [6.45, 7) is 4.33. The van der Waals surface area contributed by atoms with Crippen molar-refractivity contribution in [2.24, 2.45) is 5.73 Å². The number of carbonyl (C=O) groups is 1. The Balaban J connectivity index is 2.98. The predicted octanol–water partition coefficient (Wildman–Crippen LogP) is 1.00. The molecule has 1 rings (SSSR count). The van der Waals surface area contributed by atoms with Gasteiger partial charge in [0.25, 0.3) is 0 Å². The van der Waals surface area contributed by atoms with E-state index in [-0.39, 0.29) is 17.3 Å². The van der Waals surface area contributed by atoms with Crippen molar-refractivity contribution >= 4 is 21.6 Å². The quantitative estimate of drug-likeness (QED) is 0.785. The van der Waals surface area contributed by atoms with E-state index in [4.69, 9.17) is 5.73 Å². The average Bonchev–Trinajstić information content (AvgIpc) is 2.38. The molecule has 1 aromatic rings. The number of nitrogens with two attached hydrogens (primary N) is 1.